The van der Waals surface area contributed by atoms with E-state index in [1.165, 1.54) is 13.8 Å². The first-order valence-electron chi connectivity index (χ1n) is 10.2. The molecule has 0 amide bonds. The van der Waals surface area contributed by atoms with Crippen molar-refractivity contribution in [1.29, 1.82) is 10.5 Å². The number of benzene rings is 1. The molecule has 0 aliphatic carbocycles. The molecule has 3 heterocycles. The largest absolute Gasteiger partial charge is 0.256 e. The van der Waals surface area contributed by atoms with Crippen LogP contribution in [0, 0.1) is 22.7 Å². The molecule has 3 aromatic heterocycles. The average Bonchev–Trinajstić information content (AvgIpc) is 2.86. The number of aromatic nitrogens is 3. The molecule has 0 saturated heterocycles. The van der Waals surface area contributed by atoms with Gasteiger partial charge in [0.25, 0.3) is 0 Å². The van der Waals surface area contributed by atoms with Gasteiger partial charge in [-0.25, -0.2) is 0 Å². The van der Waals surface area contributed by atoms with Crippen molar-refractivity contribution in [2.75, 3.05) is 0 Å². The van der Waals surface area contributed by atoms with Crippen molar-refractivity contribution in [2.24, 2.45) is 0 Å². The van der Waals surface area contributed by atoms with Crippen molar-refractivity contribution in [3.63, 3.8) is 0 Å². The minimum atomic E-state index is -10.7. The minimum absolute atomic E-state index is 0. The minimum Gasteiger partial charge on any atom is -0.256 e. The smallest absolute Gasteiger partial charge is 0.0886 e. The number of nitrogens with zero attached hydrogens (tertiary/aromatic N) is 5. The number of hydrogen-bond acceptors (Lipinski definition) is 5. The first kappa shape index (κ1) is 36.5. The maximum atomic E-state index is 9.87. The molecule has 4 aromatic rings. The van der Waals surface area contributed by atoms with Gasteiger partial charge in [-0.2, -0.15) is 10.5 Å². The molecule has 0 spiro atoms. The summed E-state index contributed by atoms with van der Waals surface area (Å²) < 4.78 is 59.2. The zero-order chi connectivity index (χ0) is 28.3. The van der Waals surface area contributed by atoms with E-state index in [4.69, 9.17) is 10.5 Å². The molecule has 38 heavy (non-hydrogen) atoms. The van der Waals surface area contributed by atoms with Crippen LogP contribution in [0.15, 0.2) is 104 Å². The second kappa shape index (κ2) is 16.9. The molecule has 0 unspecified atom stereocenters. The number of rotatable bonds is 2. The zero-order valence-electron chi connectivity index (χ0n) is 20.1. The van der Waals surface area contributed by atoms with Crippen molar-refractivity contribution >= 4 is 7.81 Å². The van der Waals surface area contributed by atoms with Crippen molar-refractivity contribution in [2.45, 2.75) is 13.8 Å². The van der Waals surface area contributed by atoms with E-state index in [1.807, 2.05) is 79.0 Å². The summed E-state index contributed by atoms with van der Waals surface area (Å²) >= 11 is 0. The van der Waals surface area contributed by atoms with Gasteiger partial charge in [0.2, 0.25) is 0 Å². The fourth-order valence-electron chi connectivity index (χ4n) is 2.17. The van der Waals surface area contributed by atoms with Crippen LogP contribution in [-0.2, 0) is 19.8 Å². The van der Waals surface area contributed by atoms with Crippen LogP contribution in [0.1, 0.15) is 13.8 Å². The van der Waals surface area contributed by atoms with Gasteiger partial charge in [0, 0.05) is 57.8 Å². The van der Waals surface area contributed by atoms with Crippen molar-refractivity contribution in [3.05, 3.63) is 104 Å². The summed E-state index contributed by atoms with van der Waals surface area (Å²) in [6, 6.07) is 31.2. The molecule has 0 radical (unpaired) electrons. The van der Waals surface area contributed by atoms with E-state index in [1.54, 1.807) is 24.5 Å². The summed E-state index contributed by atoms with van der Waals surface area (Å²) in [6.07, 6.45) is 5.34. The van der Waals surface area contributed by atoms with Crippen LogP contribution in [-0.4, -0.2) is 15.0 Å². The Morgan fingerprint density at radius 3 is 1.05 bits per heavy atom. The third kappa shape index (κ3) is 24.0. The fraction of sp³-hybridized carbons (Fsp3) is 0.0800. The number of nitriles is 2. The first-order valence-corrected chi connectivity index (χ1v) is 12.2. The Bertz CT molecular complexity index is 1060. The molecule has 0 saturated carbocycles. The van der Waals surface area contributed by atoms with Crippen molar-refractivity contribution in [3.8, 4) is 34.8 Å². The summed E-state index contributed by atoms with van der Waals surface area (Å²) in [5.41, 5.74) is 4.02. The Labute approximate surface area is 230 Å². The average molecular weight is 729 g/mol. The van der Waals surface area contributed by atoms with Gasteiger partial charge in [-0.15, -0.1) is 0 Å². The molecule has 13 heteroatoms. The van der Waals surface area contributed by atoms with Crippen LogP contribution in [0.3, 0.4) is 0 Å². The maximum Gasteiger partial charge on any atom is 0.0886 e. The molecule has 0 bridgehead atoms. The second-order valence-electron chi connectivity index (χ2n) is 6.42. The quantitative estimate of drug-likeness (QED) is 0.152. The summed E-state index contributed by atoms with van der Waals surface area (Å²) in [6.45, 7) is 2.86. The van der Waals surface area contributed by atoms with E-state index in [9.17, 15) is 25.2 Å². The molecule has 0 fully saturated rings. The van der Waals surface area contributed by atoms with E-state index in [0.717, 1.165) is 22.6 Å². The Hall–Kier alpha value is -3.70. The van der Waals surface area contributed by atoms with Gasteiger partial charge in [-0.1, -0.05) is 48.5 Å². The van der Waals surface area contributed by atoms with E-state index < -0.39 is 7.81 Å². The predicted octanol–water partition coefficient (Wildman–Crippen LogP) is 9.33. The van der Waals surface area contributed by atoms with E-state index in [2.05, 4.69) is 27.1 Å². The third-order valence-corrected chi connectivity index (χ3v) is 3.33. The molecular formula is C25H23F6N5OsP-. The van der Waals surface area contributed by atoms with Gasteiger partial charge in [0.05, 0.1) is 29.2 Å². The van der Waals surface area contributed by atoms with Crippen molar-refractivity contribution in [1.82, 2.24) is 15.0 Å². The number of halogens is 6. The topological polar surface area (TPSA) is 86.2 Å². The summed E-state index contributed by atoms with van der Waals surface area (Å²) in [5, 5.41) is 14.6. The predicted molar refractivity (Wildman–Crippen MR) is 133 cm³/mol. The number of hydrogen-bond donors (Lipinski definition) is 0. The van der Waals surface area contributed by atoms with Gasteiger partial charge in [-0.05, 0) is 36.4 Å². The third-order valence-electron chi connectivity index (χ3n) is 3.33. The summed E-state index contributed by atoms with van der Waals surface area (Å²) in [7, 11) is -10.7. The molecule has 204 valence electrons. The van der Waals surface area contributed by atoms with Gasteiger partial charge >= 0.3 is 33.0 Å². The SMILES string of the molecule is CC#N.CC#N.F[P-](F)(F)(F)(F)F.[Os].c1ccc(-c2ccccn2)cc1.c1ccc(-c2ccccn2)nc1. The van der Waals surface area contributed by atoms with Crippen LogP contribution >= 0.6 is 7.81 Å². The van der Waals surface area contributed by atoms with E-state index >= 15 is 0 Å². The molecular weight excluding hydrogens is 706 g/mol. The van der Waals surface area contributed by atoms with E-state index in [0.29, 0.717) is 0 Å². The zero-order valence-corrected chi connectivity index (χ0v) is 23.6. The fourth-order valence-corrected chi connectivity index (χ4v) is 2.17. The van der Waals surface area contributed by atoms with Crippen LogP contribution in [0.5, 0.6) is 0 Å². The Kier molecular flexibility index (Phi) is 16.2. The standard InChI is InChI=1S/C11H9N.C10H8N2.2C2H3N.F6P.Os/c1-2-6-10(7-3-1)11-8-4-5-9-12-11;1-3-7-11-9(5-1)10-6-2-4-8-12-10;2*1-2-3;1-7(2,3,4,5)6;/h1-9H;1-8H;2*1H3;;/q;;;;-1;. The van der Waals surface area contributed by atoms with Crippen LogP contribution in [0.2, 0.25) is 0 Å². The Balaban J connectivity index is 0. The van der Waals surface area contributed by atoms with Gasteiger partial charge in [0.15, 0.2) is 0 Å². The number of pyridine rings is 3. The Morgan fingerprint density at radius 2 is 0.789 bits per heavy atom. The van der Waals surface area contributed by atoms with E-state index in [-0.39, 0.29) is 19.8 Å². The van der Waals surface area contributed by atoms with Crippen LogP contribution < -0.4 is 0 Å². The Morgan fingerprint density at radius 1 is 0.526 bits per heavy atom. The summed E-state index contributed by atoms with van der Waals surface area (Å²) in [4.78, 5) is 12.6. The molecule has 4 rings (SSSR count). The van der Waals surface area contributed by atoms with Gasteiger partial charge in [0.1, 0.15) is 0 Å². The van der Waals surface area contributed by atoms with Gasteiger partial charge in [-0.3, -0.25) is 15.0 Å². The van der Waals surface area contributed by atoms with Crippen LogP contribution in [0.4, 0.5) is 25.2 Å². The molecule has 0 aliphatic rings. The second-order valence-corrected chi connectivity index (χ2v) is 8.33. The van der Waals surface area contributed by atoms with Crippen molar-refractivity contribution < 1.29 is 45.0 Å². The van der Waals surface area contributed by atoms with Gasteiger partial charge < -0.3 is 0 Å². The molecule has 0 aliphatic heterocycles. The molecule has 0 N–H and O–H groups in total. The first-order chi connectivity index (χ1) is 17.2. The summed E-state index contributed by atoms with van der Waals surface area (Å²) in [5.74, 6) is 0. The maximum absolute atomic E-state index is 10.7. The molecule has 1 aromatic carbocycles. The molecule has 5 nitrogen and oxygen atoms in total. The molecule has 0 atom stereocenters. The normalized spacial score (nSPS) is 10.8. The monoisotopic (exact) mass is 730 g/mol. The van der Waals surface area contributed by atoms with Crippen LogP contribution in [0.25, 0.3) is 22.6 Å².